The van der Waals surface area contributed by atoms with E-state index in [1.807, 2.05) is 12.1 Å². The molecule has 0 bridgehead atoms. The van der Waals surface area contributed by atoms with E-state index in [0.717, 1.165) is 42.2 Å². The summed E-state index contributed by atoms with van der Waals surface area (Å²) >= 11 is 0. The predicted molar refractivity (Wildman–Crippen MR) is 66.7 cm³/mol. The van der Waals surface area contributed by atoms with Crippen LogP contribution in [0.1, 0.15) is 23.4 Å². The van der Waals surface area contributed by atoms with E-state index in [0.29, 0.717) is 0 Å². The van der Waals surface area contributed by atoms with E-state index < -0.39 is 0 Å². The first kappa shape index (κ1) is 10.5. The van der Waals surface area contributed by atoms with E-state index in [4.69, 9.17) is 10.2 Å². The Hall–Kier alpha value is -1.61. The number of fused-ring (bicyclic) bond motifs is 1. The van der Waals surface area contributed by atoms with Crippen molar-refractivity contribution in [3.63, 3.8) is 0 Å². The molecule has 3 heteroatoms. The molecular formula is C14H16N2O. The number of benzene rings is 1. The number of hydrogen-bond acceptors (Lipinski definition) is 3. The lowest BCUT2D eigenvalue weighted by molar-refractivity contribution is 0.463. The number of nitrogens with zero attached hydrogens (tertiary/aromatic N) is 1. The fourth-order valence-corrected chi connectivity index (χ4v) is 2.31. The molecule has 17 heavy (non-hydrogen) atoms. The Morgan fingerprint density at radius 1 is 1.41 bits per heavy atom. The van der Waals surface area contributed by atoms with E-state index in [1.165, 1.54) is 5.56 Å². The predicted octanol–water partition coefficient (Wildman–Crippen LogP) is 2.47. The van der Waals surface area contributed by atoms with Gasteiger partial charge in [-0.3, -0.25) is 0 Å². The summed E-state index contributed by atoms with van der Waals surface area (Å²) in [6.45, 7) is 2.07. The van der Waals surface area contributed by atoms with Crippen LogP contribution in [-0.4, -0.2) is 11.0 Å². The molecule has 88 valence electrons. The molecule has 0 saturated heterocycles. The van der Waals surface area contributed by atoms with Gasteiger partial charge >= 0.3 is 0 Å². The molecule has 1 unspecified atom stereocenters. The zero-order valence-corrected chi connectivity index (χ0v) is 9.94. The summed E-state index contributed by atoms with van der Waals surface area (Å²) < 4.78 is 5.83. The van der Waals surface area contributed by atoms with Gasteiger partial charge in [0.25, 0.3) is 0 Å². The normalized spacial score (nSPS) is 19.1. The van der Waals surface area contributed by atoms with Gasteiger partial charge in [-0.25, -0.2) is 4.98 Å². The van der Waals surface area contributed by atoms with E-state index in [-0.39, 0.29) is 6.04 Å². The summed E-state index contributed by atoms with van der Waals surface area (Å²) in [5, 5.41) is 0. The Labute approximate surface area is 101 Å². The molecule has 1 aromatic carbocycles. The van der Waals surface area contributed by atoms with E-state index in [9.17, 15) is 0 Å². The first-order chi connectivity index (χ1) is 8.22. The lowest BCUT2D eigenvalue weighted by atomic mass is 9.98. The molecule has 1 aliphatic carbocycles. The quantitative estimate of drug-likeness (QED) is 0.815. The number of aromatic nitrogens is 1. The van der Waals surface area contributed by atoms with E-state index in [2.05, 4.69) is 24.0 Å². The summed E-state index contributed by atoms with van der Waals surface area (Å²) in [6, 6.07) is 8.46. The zero-order chi connectivity index (χ0) is 11.8. The van der Waals surface area contributed by atoms with Gasteiger partial charge in [0.2, 0.25) is 5.89 Å². The SMILES string of the molecule is Cc1cccc(-c2nc3c(o2)CCC(N)C3)c1. The molecule has 2 N–H and O–H groups in total. The van der Waals surface area contributed by atoms with Crippen LogP contribution in [0.3, 0.4) is 0 Å². The summed E-state index contributed by atoms with van der Waals surface area (Å²) in [6.07, 6.45) is 2.75. The number of nitrogens with two attached hydrogens (primary N) is 1. The lowest BCUT2D eigenvalue weighted by Gasteiger charge is -2.14. The van der Waals surface area contributed by atoms with Crippen molar-refractivity contribution in [2.45, 2.75) is 32.2 Å². The van der Waals surface area contributed by atoms with Gasteiger partial charge in [-0.15, -0.1) is 0 Å². The standard InChI is InChI=1S/C14H16N2O/c1-9-3-2-4-10(7-9)14-16-12-8-11(15)5-6-13(12)17-14/h2-4,7,11H,5-6,8,15H2,1H3. The van der Waals surface area contributed by atoms with Crippen LogP contribution in [0, 0.1) is 6.92 Å². The number of rotatable bonds is 1. The molecule has 0 fully saturated rings. The van der Waals surface area contributed by atoms with Gasteiger partial charge in [0.05, 0.1) is 5.69 Å². The number of aryl methyl sites for hydroxylation is 2. The fraction of sp³-hybridized carbons (Fsp3) is 0.357. The molecular weight excluding hydrogens is 212 g/mol. The third-order valence-corrected chi connectivity index (χ3v) is 3.24. The largest absolute Gasteiger partial charge is 0.441 e. The molecule has 3 rings (SSSR count). The van der Waals surface area contributed by atoms with E-state index >= 15 is 0 Å². The topological polar surface area (TPSA) is 52.0 Å². The highest BCUT2D eigenvalue weighted by Crippen LogP contribution is 2.27. The third-order valence-electron chi connectivity index (χ3n) is 3.24. The maximum atomic E-state index is 5.94. The second kappa shape index (κ2) is 4.00. The molecule has 0 spiro atoms. The lowest BCUT2D eigenvalue weighted by Crippen LogP contribution is -2.27. The van der Waals surface area contributed by atoms with Crippen molar-refractivity contribution in [1.82, 2.24) is 4.98 Å². The highest BCUT2D eigenvalue weighted by molar-refractivity contribution is 5.55. The maximum Gasteiger partial charge on any atom is 0.226 e. The molecule has 2 aromatic rings. The first-order valence-corrected chi connectivity index (χ1v) is 6.03. The Morgan fingerprint density at radius 3 is 3.12 bits per heavy atom. The monoisotopic (exact) mass is 228 g/mol. The van der Waals surface area contributed by atoms with Gasteiger partial charge in [0.1, 0.15) is 5.76 Å². The molecule has 0 saturated carbocycles. The van der Waals surface area contributed by atoms with Gasteiger partial charge in [-0.1, -0.05) is 17.7 Å². The zero-order valence-electron chi connectivity index (χ0n) is 9.94. The van der Waals surface area contributed by atoms with Crippen molar-refractivity contribution in [3.05, 3.63) is 41.3 Å². The van der Waals surface area contributed by atoms with Crippen molar-refractivity contribution >= 4 is 0 Å². The van der Waals surface area contributed by atoms with Crippen molar-refractivity contribution in [1.29, 1.82) is 0 Å². The molecule has 0 radical (unpaired) electrons. The second-order valence-electron chi connectivity index (χ2n) is 4.76. The van der Waals surface area contributed by atoms with Crippen LogP contribution in [-0.2, 0) is 12.8 Å². The first-order valence-electron chi connectivity index (χ1n) is 6.03. The second-order valence-corrected chi connectivity index (χ2v) is 4.76. The Kier molecular flexibility index (Phi) is 2.48. The van der Waals surface area contributed by atoms with Gasteiger partial charge in [-0.2, -0.15) is 0 Å². The fourth-order valence-electron chi connectivity index (χ4n) is 2.31. The minimum Gasteiger partial charge on any atom is -0.441 e. The Bertz CT molecular complexity index is 545. The van der Waals surface area contributed by atoms with E-state index in [1.54, 1.807) is 0 Å². The molecule has 0 aliphatic heterocycles. The minimum atomic E-state index is 0.234. The number of oxazole rings is 1. The van der Waals surface area contributed by atoms with Crippen molar-refractivity contribution in [2.75, 3.05) is 0 Å². The average Bonchev–Trinajstić information content (AvgIpc) is 2.72. The van der Waals surface area contributed by atoms with Crippen LogP contribution in [0.15, 0.2) is 28.7 Å². The Balaban J connectivity index is 2.00. The minimum absolute atomic E-state index is 0.234. The molecule has 1 aliphatic rings. The van der Waals surface area contributed by atoms with Crippen LogP contribution in [0.5, 0.6) is 0 Å². The summed E-state index contributed by atoms with van der Waals surface area (Å²) in [5.74, 6) is 1.75. The molecule has 1 atom stereocenters. The Morgan fingerprint density at radius 2 is 2.29 bits per heavy atom. The molecule has 3 nitrogen and oxygen atoms in total. The van der Waals surface area contributed by atoms with Crippen LogP contribution >= 0.6 is 0 Å². The summed E-state index contributed by atoms with van der Waals surface area (Å²) in [4.78, 5) is 4.57. The molecule has 1 heterocycles. The summed E-state index contributed by atoms with van der Waals surface area (Å²) in [7, 11) is 0. The van der Waals surface area contributed by atoms with Crippen LogP contribution in [0.25, 0.3) is 11.5 Å². The van der Waals surface area contributed by atoms with Gasteiger partial charge in [-0.05, 0) is 25.5 Å². The van der Waals surface area contributed by atoms with Gasteiger partial charge in [0.15, 0.2) is 0 Å². The van der Waals surface area contributed by atoms with Crippen LogP contribution in [0.2, 0.25) is 0 Å². The highest BCUT2D eigenvalue weighted by atomic mass is 16.4. The summed E-state index contributed by atoms with van der Waals surface area (Å²) in [5.41, 5.74) is 9.25. The third kappa shape index (κ3) is 1.98. The van der Waals surface area contributed by atoms with Gasteiger partial charge in [0, 0.05) is 24.4 Å². The smallest absolute Gasteiger partial charge is 0.226 e. The van der Waals surface area contributed by atoms with Crippen molar-refractivity contribution in [3.8, 4) is 11.5 Å². The highest BCUT2D eigenvalue weighted by Gasteiger charge is 2.22. The molecule has 1 aromatic heterocycles. The molecule has 0 amide bonds. The maximum absolute atomic E-state index is 5.94. The van der Waals surface area contributed by atoms with Gasteiger partial charge < -0.3 is 10.2 Å². The average molecular weight is 228 g/mol. The van der Waals surface area contributed by atoms with Crippen LogP contribution in [0.4, 0.5) is 0 Å². The van der Waals surface area contributed by atoms with Crippen molar-refractivity contribution in [2.24, 2.45) is 5.73 Å². The van der Waals surface area contributed by atoms with Crippen LogP contribution < -0.4 is 5.73 Å². The van der Waals surface area contributed by atoms with Crippen molar-refractivity contribution < 1.29 is 4.42 Å². The number of hydrogen-bond donors (Lipinski definition) is 1.